The van der Waals surface area contributed by atoms with E-state index in [9.17, 15) is 14.7 Å². The monoisotopic (exact) mass is 491 g/mol. The molecule has 1 saturated heterocycles. The van der Waals surface area contributed by atoms with Crippen molar-refractivity contribution < 1.29 is 28.9 Å². The number of para-hydroxylation sites is 1. The number of hydrogen-bond donors (Lipinski definition) is 1. The Morgan fingerprint density at radius 2 is 1.83 bits per heavy atom. The van der Waals surface area contributed by atoms with Gasteiger partial charge in [0.1, 0.15) is 11.5 Å². The van der Waals surface area contributed by atoms with Crippen molar-refractivity contribution in [1.82, 2.24) is 14.5 Å². The first-order chi connectivity index (χ1) is 17.5. The van der Waals surface area contributed by atoms with E-state index in [1.807, 2.05) is 17.7 Å². The Kier molecular flexibility index (Phi) is 7.58. The molecule has 2 heterocycles. The van der Waals surface area contributed by atoms with Crippen molar-refractivity contribution in [3.8, 4) is 17.2 Å². The van der Waals surface area contributed by atoms with Gasteiger partial charge in [0.25, 0.3) is 11.7 Å². The van der Waals surface area contributed by atoms with Crippen LogP contribution in [0.25, 0.3) is 5.76 Å². The predicted molar refractivity (Wildman–Crippen MR) is 133 cm³/mol. The lowest BCUT2D eigenvalue weighted by molar-refractivity contribution is -0.140. The average molecular weight is 492 g/mol. The minimum Gasteiger partial charge on any atom is -0.507 e. The number of carbonyl (C=O) groups excluding carboxylic acids is 2. The summed E-state index contributed by atoms with van der Waals surface area (Å²) in [5, 5.41) is 11.3. The van der Waals surface area contributed by atoms with Crippen molar-refractivity contribution in [3.63, 3.8) is 0 Å². The van der Waals surface area contributed by atoms with Gasteiger partial charge in [0, 0.05) is 36.6 Å². The Labute approximate surface area is 209 Å². The zero-order valence-electron chi connectivity index (χ0n) is 20.5. The van der Waals surface area contributed by atoms with Crippen LogP contribution in [0, 0.1) is 0 Å². The Balaban J connectivity index is 1.79. The van der Waals surface area contributed by atoms with Gasteiger partial charge >= 0.3 is 0 Å². The smallest absolute Gasteiger partial charge is 0.295 e. The molecule has 2 aromatic carbocycles. The molecule has 36 heavy (non-hydrogen) atoms. The molecule has 1 aliphatic rings. The van der Waals surface area contributed by atoms with Crippen molar-refractivity contribution in [1.29, 1.82) is 0 Å². The van der Waals surface area contributed by atoms with Crippen LogP contribution >= 0.6 is 0 Å². The first-order valence-electron chi connectivity index (χ1n) is 11.7. The molecule has 0 bridgehead atoms. The fourth-order valence-electron chi connectivity index (χ4n) is 4.44. The molecule has 0 saturated carbocycles. The SMILES string of the molecule is CCOc1ccc(/C(O)=C2/C(=O)C(=O)N(CCCn3ccnc3)C2c2cccc(OC)c2OC)cc1. The first kappa shape index (κ1) is 24.8. The third kappa shape index (κ3) is 4.77. The van der Waals surface area contributed by atoms with Gasteiger partial charge in [-0.2, -0.15) is 0 Å². The molecule has 0 aliphatic carbocycles. The van der Waals surface area contributed by atoms with Crippen molar-refractivity contribution in [2.75, 3.05) is 27.4 Å². The summed E-state index contributed by atoms with van der Waals surface area (Å²) in [7, 11) is 3.02. The lowest BCUT2D eigenvalue weighted by atomic mass is 9.94. The molecule has 1 fully saturated rings. The van der Waals surface area contributed by atoms with E-state index < -0.39 is 17.7 Å². The molecular formula is C27H29N3O6. The summed E-state index contributed by atoms with van der Waals surface area (Å²) >= 11 is 0. The van der Waals surface area contributed by atoms with Gasteiger partial charge in [0.2, 0.25) is 0 Å². The minimum absolute atomic E-state index is 0.00153. The van der Waals surface area contributed by atoms with Crippen LogP contribution in [0.1, 0.15) is 30.5 Å². The molecule has 3 aromatic rings. The van der Waals surface area contributed by atoms with E-state index in [-0.39, 0.29) is 17.9 Å². The number of aliphatic hydroxyl groups is 1. The van der Waals surface area contributed by atoms with Crippen LogP contribution in [-0.2, 0) is 16.1 Å². The Morgan fingerprint density at radius 3 is 2.47 bits per heavy atom. The number of aliphatic hydroxyl groups excluding tert-OH is 1. The summed E-state index contributed by atoms with van der Waals surface area (Å²) in [4.78, 5) is 32.1. The highest BCUT2D eigenvalue weighted by molar-refractivity contribution is 6.46. The third-order valence-electron chi connectivity index (χ3n) is 6.08. The van der Waals surface area contributed by atoms with E-state index in [0.29, 0.717) is 47.9 Å². The number of ketones is 1. The van der Waals surface area contributed by atoms with E-state index in [1.165, 1.54) is 19.1 Å². The number of methoxy groups -OCH3 is 2. The standard InChI is InChI=1S/C27H29N3O6/c1-4-36-19-11-9-18(10-12-19)24(31)22-23(20-7-5-8-21(34-2)26(20)35-3)30(27(33)25(22)32)15-6-14-29-16-13-28-17-29/h5,7-13,16-17,23,31H,4,6,14-15H2,1-3H3/b24-22-. The van der Waals surface area contributed by atoms with Crippen molar-refractivity contribution in [3.05, 3.63) is 77.9 Å². The average Bonchev–Trinajstić information content (AvgIpc) is 3.50. The van der Waals surface area contributed by atoms with Gasteiger partial charge in [-0.05, 0) is 43.7 Å². The fraction of sp³-hybridized carbons (Fsp3) is 0.296. The van der Waals surface area contributed by atoms with Gasteiger partial charge in [-0.1, -0.05) is 12.1 Å². The van der Waals surface area contributed by atoms with Gasteiger partial charge in [0.05, 0.1) is 38.8 Å². The van der Waals surface area contributed by atoms with E-state index >= 15 is 0 Å². The maximum atomic E-state index is 13.3. The lowest BCUT2D eigenvalue weighted by Gasteiger charge is -2.27. The van der Waals surface area contributed by atoms with Gasteiger partial charge in [0.15, 0.2) is 11.5 Å². The second-order valence-corrected chi connectivity index (χ2v) is 8.19. The second kappa shape index (κ2) is 11.0. The molecule has 9 nitrogen and oxygen atoms in total. The number of aryl methyl sites for hydroxylation is 1. The number of imidazole rings is 1. The van der Waals surface area contributed by atoms with Crippen molar-refractivity contribution >= 4 is 17.4 Å². The zero-order valence-corrected chi connectivity index (χ0v) is 20.5. The number of benzene rings is 2. The number of amides is 1. The maximum Gasteiger partial charge on any atom is 0.295 e. The summed E-state index contributed by atoms with van der Waals surface area (Å²) in [5.41, 5.74) is 0.950. The number of nitrogens with zero attached hydrogens (tertiary/aromatic N) is 3. The van der Waals surface area contributed by atoms with E-state index in [1.54, 1.807) is 55.0 Å². The summed E-state index contributed by atoms with van der Waals surface area (Å²) < 4.78 is 18.5. The van der Waals surface area contributed by atoms with Crippen LogP contribution in [0.4, 0.5) is 0 Å². The lowest BCUT2D eigenvalue weighted by Crippen LogP contribution is -2.31. The fourth-order valence-corrected chi connectivity index (χ4v) is 4.44. The van der Waals surface area contributed by atoms with Crippen molar-refractivity contribution in [2.24, 2.45) is 0 Å². The van der Waals surface area contributed by atoms with Gasteiger partial charge in [-0.3, -0.25) is 9.59 Å². The van der Waals surface area contributed by atoms with Gasteiger partial charge in [-0.15, -0.1) is 0 Å². The van der Waals surface area contributed by atoms with Crippen LogP contribution in [0.5, 0.6) is 17.2 Å². The summed E-state index contributed by atoms with van der Waals surface area (Å²) in [5.74, 6) is -0.200. The molecule has 1 aliphatic heterocycles. The minimum atomic E-state index is -0.857. The normalized spacial score (nSPS) is 16.9. The zero-order chi connectivity index (χ0) is 25.7. The molecule has 9 heteroatoms. The summed E-state index contributed by atoms with van der Waals surface area (Å²) in [6, 6.07) is 11.1. The number of carbonyl (C=O) groups is 2. The molecule has 1 N–H and O–H groups in total. The largest absolute Gasteiger partial charge is 0.507 e. The molecule has 1 unspecified atom stereocenters. The van der Waals surface area contributed by atoms with E-state index in [0.717, 1.165) is 0 Å². The Hall–Kier alpha value is -4.27. The first-order valence-corrected chi connectivity index (χ1v) is 11.7. The number of likely N-dealkylation sites (tertiary alicyclic amines) is 1. The quantitative estimate of drug-likeness (QED) is 0.261. The highest BCUT2D eigenvalue weighted by Gasteiger charge is 2.47. The highest BCUT2D eigenvalue weighted by Crippen LogP contribution is 2.45. The summed E-state index contributed by atoms with van der Waals surface area (Å²) in [6.45, 7) is 3.28. The third-order valence-corrected chi connectivity index (χ3v) is 6.08. The topological polar surface area (TPSA) is 103 Å². The van der Waals surface area contributed by atoms with Gasteiger partial charge < -0.3 is 28.8 Å². The molecule has 0 radical (unpaired) electrons. The molecular weight excluding hydrogens is 462 g/mol. The van der Waals surface area contributed by atoms with Crippen molar-refractivity contribution in [2.45, 2.75) is 25.9 Å². The van der Waals surface area contributed by atoms with Crippen LogP contribution in [0.15, 0.2) is 66.8 Å². The van der Waals surface area contributed by atoms with Crippen LogP contribution in [-0.4, -0.2) is 58.6 Å². The number of Topliss-reactive ketones (excluding diaryl/α,β-unsaturated/α-hetero) is 1. The van der Waals surface area contributed by atoms with Crippen LogP contribution in [0.2, 0.25) is 0 Å². The molecule has 1 atom stereocenters. The molecule has 0 spiro atoms. The van der Waals surface area contributed by atoms with E-state index in [4.69, 9.17) is 14.2 Å². The number of hydrogen-bond acceptors (Lipinski definition) is 7. The number of aromatic nitrogens is 2. The van der Waals surface area contributed by atoms with Crippen LogP contribution < -0.4 is 14.2 Å². The molecule has 4 rings (SSSR count). The second-order valence-electron chi connectivity index (χ2n) is 8.19. The number of rotatable bonds is 10. The molecule has 1 amide bonds. The molecule has 188 valence electrons. The Bertz CT molecular complexity index is 1250. The number of ether oxygens (including phenoxy) is 3. The highest BCUT2D eigenvalue weighted by atomic mass is 16.5. The van der Waals surface area contributed by atoms with Crippen LogP contribution in [0.3, 0.4) is 0 Å². The Morgan fingerprint density at radius 1 is 1.06 bits per heavy atom. The maximum absolute atomic E-state index is 13.3. The van der Waals surface area contributed by atoms with Gasteiger partial charge in [-0.25, -0.2) is 4.98 Å². The predicted octanol–water partition coefficient (Wildman–Crippen LogP) is 3.81. The summed E-state index contributed by atoms with van der Waals surface area (Å²) in [6.07, 6.45) is 5.80. The molecule has 1 aromatic heterocycles. The van der Waals surface area contributed by atoms with E-state index in [2.05, 4.69) is 4.98 Å².